The largest absolute Gasteiger partial charge is 0.380 e. The fourth-order valence-electron chi connectivity index (χ4n) is 2.62. The minimum absolute atomic E-state index is 0. The first-order valence-corrected chi connectivity index (χ1v) is 9.84. The highest BCUT2D eigenvalue weighted by atomic mass is 127. The highest BCUT2D eigenvalue weighted by Gasteiger charge is 2.01. The molecule has 0 fully saturated rings. The van der Waals surface area contributed by atoms with Crippen LogP contribution in [0.15, 0.2) is 58.4 Å². The second-order valence-corrected chi connectivity index (χ2v) is 7.13. The molecule has 29 heavy (non-hydrogen) atoms. The number of hydrogen-bond acceptors (Lipinski definition) is 3. The quantitative estimate of drug-likeness (QED) is 0.222. The van der Waals surface area contributed by atoms with Gasteiger partial charge >= 0.3 is 0 Å². The monoisotopic (exact) mass is 512 g/mol. The van der Waals surface area contributed by atoms with Gasteiger partial charge in [0, 0.05) is 39.0 Å². The molecule has 1 aromatic heterocycles. The third kappa shape index (κ3) is 9.94. The minimum atomic E-state index is 0. The summed E-state index contributed by atoms with van der Waals surface area (Å²) in [4.78, 5) is 16.0. The second kappa shape index (κ2) is 14.2. The van der Waals surface area contributed by atoms with E-state index in [1.54, 1.807) is 29.9 Å². The van der Waals surface area contributed by atoms with E-state index in [9.17, 15) is 4.79 Å². The lowest BCUT2D eigenvalue weighted by Crippen LogP contribution is -2.38. The summed E-state index contributed by atoms with van der Waals surface area (Å²) in [6.07, 6.45) is 2.89. The molecule has 0 spiro atoms. The van der Waals surface area contributed by atoms with Gasteiger partial charge in [-0.25, -0.2) is 0 Å². The van der Waals surface area contributed by atoms with Crippen molar-refractivity contribution in [3.8, 4) is 0 Å². The molecular formula is C22H33IN4O2. The van der Waals surface area contributed by atoms with E-state index in [1.165, 1.54) is 0 Å². The van der Waals surface area contributed by atoms with Crippen LogP contribution in [0.2, 0.25) is 0 Å². The molecule has 0 aliphatic heterocycles. The van der Waals surface area contributed by atoms with Crippen molar-refractivity contribution in [1.29, 1.82) is 0 Å². The summed E-state index contributed by atoms with van der Waals surface area (Å²) in [5.74, 6) is 1.43. The van der Waals surface area contributed by atoms with Crippen molar-refractivity contribution in [2.24, 2.45) is 10.9 Å². The zero-order valence-corrected chi connectivity index (χ0v) is 19.9. The topological polar surface area (TPSA) is 67.7 Å². The van der Waals surface area contributed by atoms with Crippen LogP contribution in [0, 0.1) is 5.92 Å². The van der Waals surface area contributed by atoms with Crippen molar-refractivity contribution in [2.45, 2.75) is 33.4 Å². The van der Waals surface area contributed by atoms with Gasteiger partial charge in [0.1, 0.15) is 0 Å². The van der Waals surface area contributed by atoms with Crippen LogP contribution in [-0.2, 0) is 17.8 Å². The molecule has 2 aromatic rings. The Bertz CT molecular complexity index is 788. The summed E-state index contributed by atoms with van der Waals surface area (Å²) in [5.41, 5.74) is 2.26. The predicted molar refractivity (Wildman–Crippen MR) is 130 cm³/mol. The maximum atomic E-state index is 11.8. The van der Waals surface area contributed by atoms with Crippen molar-refractivity contribution >= 4 is 29.9 Å². The Morgan fingerprint density at radius 3 is 2.45 bits per heavy atom. The van der Waals surface area contributed by atoms with E-state index in [-0.39, 0.29) is 29.5 Å². The average Bonchev–Trinajstić information content (AvgIpc) is 2.69. The molecule has 0 radical (unpaired) electrons. The Labute approximate surface area is 190 Å². The minimum Gasteiger partial charge on any atom is -0.380 e. The Morgan fingerprint density at radius 2 is 1.79 bits per heavy atom. The number of aromatic nitrogens is 1. The lowest BCUT2D eigenvalue weighted by Gasteiger charge is -2.13. The van der Waals surface area contributed by atoms with E-state index in [4.69, 9.17) is 4.74 Å². The van der Waals surface area contributed by atoms with Gasteiger partial charge in [0.05, 0.1) is 13.2 Å². The normalized spacial score (nSPS) is 11.2. The van der Waals surface area contributed by atoms with E-state index in [0.29, 0.717) is 25.6 Å². The van der Waals surface area contributed by atoms with Gasteiger partial charge in [-0.05, 0) is 29.5 Å². The van der Waals surface area contributed by atoms with E-state index in [0.717, 1.165) is 36.7 Å². The predicted octanol–water partition coefficient (Wildman–Crippen LogP) is 3.24. The number of aliphatic imine (C=N–C) groups is 1. The van der Waals surface area contributed by atoms with Gasteiger partial charge in [-0.2, -0.15) is 0 Å². The fraction of sp³-hybridized carbons (Fsp3) is 0.455. The molecule has 0 unspecified atom stereocenters. The summed E-state index contributed by atoms with van der Waals surface area (Å²) < 4.78 is 7.30. The molecule has 0 saturated heterocycles. The molecule has 6 nitrogen and oxygen atoms in total. The van der Waals surface area contributed by atoms with Crippen LogP contribution in [0.3, 0.4) is 0 Å². The zero-order chi connectivity index (χ0) is 20.2. The third-order valence-corrected chi connectivity index (χ3v) is 4.34. The van der Waals surface area contributed by atoms with E-state index < -0.39 is 0 Å². The summed E-state index contributed by atoms with van der Waals surface area (Å²) in [6, 6.07) is 13.4. The lowest BCUT2D eigenvalue weighted by molar-refractivity contribution is 0.128. The van der Waals surface area contributed by atoms with Crippen molar-refractivity contribution in [3.05, 3.63) is 70.1 Å². The van der Waals surface area contributed by atoms with E-state index in [1.807, 2.05) is 6.07 Å². The number of halogens is 1. The summed E-state index contributed by atoms with van der Waals surface area (Å²) in [5, 5.41) is 6.56. The number of benzene rings is 1. The van der Waals surface area contributed by atoms with Gasteiger partial charge in [0.25, 0.3) is 5.56 Å². The highest BCUT2D eigenvalue weighted by molar-refractivity contribution is 14.0. The summed E-state index contributed by atoms with van der Waals surface area (Å²) >= 11 is 0. The Morgan fingerprint density at radius 1 is 1.07 bits per heavy atom. The van der Waals surface area contributed by atoms with Crippen LogP contribution in [0.25, 0.3) is 0 Å². The van der Waals surface area contributed by atoms with Crippen LogP contribution in [0.5, 0.6) is 0 Å². The van der Waals surface area contributed by atoms with Crippen LogP contribution in [0.1, 0.15) is 31.4 Å². The zero-order valence-electron chi connectivity index (χ0n) is 17.6. The number of ether oxygens (including phenoxy) is 1. The van der Waals surface area contributed by atoms with Gasteiger partial charge in [0.2, 0.25) is 0 Å². The standard InChI is InChI=1S/C22H32N4O2.HI/c1-18(2)11-14-28-15-12-24-22(23-3)25-16-19-7-9-20(10-8-19)17-26-13-5-4-6-21(26)27;/h4-10,13,18H,11-12,14-17H2,1-3H3,(H2,23,24,25);1H. The van der Waals surface area contributed by atoms with Crippen LogP contribution < -0.4 is 16.2 Å². The van der Waals surface area contributed by atoms with Crippen LogP contribution in [-0.4, -0.2) is 37.3 Å². The van der Waals surface area contributed by atoms with Crippen molar-refractivity contribution in [1.82, 2.24) is 15.2 Å². The molecule has 2 rings (SSSR count). The number of nitrogens with zero attached hydrogens (tertiary/aromatic N) is 2. The highest BCUT2D eigenvalue weighted by Crippen LogP contribution is 2.05. The Kier molecular flexibility index (Phi) is 12.3. The van der Waals surface area contributed by atoms with Crippen molar-refractivity contribution in [3.63, 3.8) is 0 Å². The van der Waals surface area contributed by atoms with E-state index >= 15 is 0 Å². The van der Waals surface area contributed by atoms with Gasteiger partial charge in [0.15, 0.2) is 5.96 Å². The van der Waals surface area contributed by atoms with E-state index in [2.05, 4.69) is 53.7 Å². The molecule has 1 aromatic carbocycles. The number of pyridine rings is 1. The molecule has 1 heterocycles. The molecule has 0 aliphatic rings. The van der Waals surface area contributed by atoms with Gasteiger partial charge in [-0.15, -0.1) is 24.0 Å². The van der Waals surface area contributed by atoms with Gasteiger partial charge < -0.3 is 19.9 Å². The lowest BCUT2D eigenvalue weighted by atomic mass is 10.1. The number of guanidine groups is 1. The molecule has 2 N–H and O–H groups in total. The molecule has 7 heteroatoms. The molecule has 0 amide bonds. The fourth-order valence-corrected chi connectivity index (χ4v) is 2.62. The van der Waals surface area contributed by atoms with Crippen LogP contribution in [0.4, 0.5) is 0 Å². The van der Waals surface area contributed by atoms with Crippen molar-refractivity contribution in [2.75, 3.05) is 26.8 Å². The molecule has 0 bridgehead atoms. The second-order valence-electron chi connectivity index (χ2n) is 7.13. The molecular weight excluding hydrogens is 479 g/mol. The molecule has 160 valence electrons. The maximum absolute atomic E-state index is 11.8. The molecule has 0 atom stereocenters. The average molecular weight is 512 g/mol. The van der Waals surface area contributed by atoms with Gasteiger partial charge in [-0.3, -0.25) is 9.79 Å². The van der Waals surface area contributed by atoms with Crippen LogP contribution >= 0.6 is 24.0 Å². The summed E-state index contributed by atoms with van der Waals surface area (Å²) in [6.45, 7) is 7.84. The third-order valence-electron chi connectivity index (χ3n) is 4.34. The smallest absolute Gasteiger partial charge is 0.250 e. The first-order valence-electron chi connectivity index (χ1n) is 9.84. The number of nitrogens with one attached hydrogen (secondary N) is 2. The summed E-state index contributed by atoms with van der Waals surface area (Å²) in [7, 11) is 1.76. The SMILES string of the molecule is CN=C(NCCOCCC(C)C)NCc1ccc(Cn2ccccc2=O)cc1.I. The first kappa shape index (κ1) is 25.2. The maximum Gasteiger partial charge on any atom is 0.250 e. The Balaban J connectivity index is 0.00000420. The molecule has 0 saturated carbocycles. The van der Waals surface area contributed by atoms with Crippen molar-refractivity contribution < 1.29 is 4.74 Å². The molecule has 0 aliphatic carbocycles. The Hall–Kier alpha value is -1.87. The number of hydrogen-bond donors (Lipinski definition) is 2. The first-order chi connectivity index (χ1) is 13.6. The van der Waals surface area contributed by atoms with Gasteiger partial charge in [-0.1, -0.05) is 44.2 Å². The number of rotatable bonds is 10.